The Balaban J connectivity index is 2.10. The van der Waals surface area contributed by atoms with Crippen LogP contribution in [0.1, 0.15) is 0 Å². The minimum atomic E-state index is -3.76. The van der Waals surface area contributed by atoms with Crippen molar-refractivity contribution >= 4 is 15.8 Å². The van der Waals surface area contributed by atoms with Gasteiger partial charge in [0.1, 0.15) is 11.8 Å². The number of ether oxygens (including phenoxy) is 1. The molecule has 2 rings (SSSR count). The monoisotopic (exact) mass is 243 g/mol. The number of nitroso groups, excluding NO2 is 1. The molecule has 0 bridgehead atoms. The lowest BCUT2D eigenvalue weighted by Crippen LogP contribution is -2.10. The van der Waals surface area contributed by atoms with E-state index in [1.54, 1.807) is 0 Å². The zero-order chi connectivity index (χ0) is 11.6. The summed E-state index contributed by atoms with van der Waals surface area (Å²) in [5.74, 6) is 0. The Morgan fingerprint density at radius 1 is 1.38 bits per heavy atom. The molecule has 0 saturated carbocycles. The van der Waals surface area contributed by atoms with Gasteiger partial charge in [-0.15, -0.1) is 4.91 Å². The zero-order valence-corrected chi connectivity index (χ0v) is 9.01. The fourth-order valence-corrected chi connectivity index (χ4v) is 2.01. The maximum Gasteiger partial charge on any atom is 0.297 e. The summed E-state index contributed by atoms with van der Waals surface area (Å²) >= 11 is 0. The maximum atomic E-state index is 11.6. The van der Waals surface area contributed by atoms with Crippen LogP contribution in [0.4, 0.5) is 5.69 Å². The van der Waals surface area contributed by atoms with Crippen LogP contribution in [-0.2, 0) is 19.0 Å². The van der Waals surface area contributed by atoms with Gasteiger partial charge in [0.05, 0.1) is 18.1 Å². The highest BCUT2D eigenvalue weighted by Crippen LogP contribution is 2.19. The first kappa shape index (κ1) is 11.2. The van der Waals surface area contributed by atoms with Crippen molar-refractivity contribution < 1.29 is 17.3 Å². The van der Waals surface area contributed by atoms with E-state index >= 15 is 0 Å². The molecule has 0 spiro atoms. The van der Waals surface area contributed by atoms with E-state index in [2.05, 4.69) is 5.18 Å². The van der Waals surface area contributed by atoms with Crippen molar-refractivity contribution in [1.82, 2.24) is 0 Å². The van der Waals surface area contributed by atoms with Gasteiger partial charge in [-0.3, -0.25) is 4.18 Å². The van der Waals surface area contributed by atoms with Gasteiger partial charge in [-0.05, 0) is 29.4 Å². The third-order valence-corrected chi connectivity index (χ3v) is 3.34. The summed E-state index contributed by atoms with van der Waals surface area (Å²) in [6.45, 7) is 0.555. The van der Waals surface area contributed by atoms with Crippen LogP contribution in [0.15, 0.2) is 34.3 Å². The Hall–Kier alpha value is -1.31. The van der Waals surface area contributed by atoms with Gasteiger partial charge in [0.2, 0.25) is 0 Å². The second-order valence-electron chi connectivity index (χ2n) is 3.28. The van der Waals surface area contributed by atoms with Crippen molar-refractivity contribution in [2.75, 3.05) is 13.2 Å². The summed E-state index contributed by atoms with van der Waals surface area (Å²) in [6.07, 6.45) is -0.120. The van der Waals surface area contributed by atoms with Crippen LogP contribution < -0.4 is 0 Å². The number of hydrogen-bond donors (Lipinski definition) is 0. The van der Waals surface area contributed by atoms with E-state index in [1.165, 1.54) is 24.3 Å². The van der Waals surface area contributed by atoms with E-state index in [-0.39, 0.29) is 23.3 Å². The van der Waals surface area contributed by atoms with Crippen LogP contribution >= 0.6 is 0 Å². The summed E-state index contributed by atoms with van der Waals surface area (Å²) < 4.78 is 32.7. The van der Waals surface area contributed by atoms with Crippen molar-refractivity contribution in [3.63, 3.8) is 0 Å². The normalized spacial score (nSPS) is 19.4. The molecule has 0 radical (unpaired) electrons. The van der Waals surface area contributed by atoms with Crippen molar-refractivity contribution in [3.05, 3.63) is 29.2 Å². The van der Waals surface area contributed by atoms with Crippen LogP contribution in [0, 0.1) is 4.91 Å². The van der Waals surface area contributed by atoms with E-state index in [1.807, 2.05) is 0 Å². The Morgan fingerprint density at radius 3 is 2.50 bits per heavy atom. The zero-order valence-electron chi connectivity index (χ0n) is 8.20. The molecular weight excluding hydrogens is 234 g/mol. The number of epoxide rings is 1. The predicted molar refractivity (Wildman–Crippen MR) is 54.8 cm³/mol. The number of hydrogen-bond acceptors (Lipinski definition) is 6. The van der Waals surface area contributed by atoms with Crippen molar-refractivity contribution in [2.24, 2.45) is 5.18 Å². The van der Waals surface area contributed by atoms with Crippen LogP contribution in [0.2, 0.25) is 0 Å². The lowest BCUT2D eigenvalue weighted by Gasteiger charge is -2.03. The van der Waals surface area contributed by atoms with Crippen LogP contribution in [0.25, 0.3) is 0 Å². The molecule has 0 N–H and O–H groups in total. The molecule has 1 aromatic rings. The standard InChI is InChI=1S/C9H9NO5S/c11-10-7-1-3-9(4-2-7)16(12,13)15-6-8-5-14-8/h1-4,8H,5-6H2/t8-/m0/s1. The van der Waals surface area contributed by atoms with Gasteiger partial charge >= 0.3 is 0 Å². The van der Waals surface area contributed by atoms with Gasteiger partial charge in [-0.25, -0.2) is 0 Å². The molecule has 1 aliphatic heterocycles. The average molecular weight is 243 g/mol. The van der Waals surface area contributed by atoms with E-state index in [0.29, 0.717) is 6.61 Å². The molecule has 7 heteroatoms. The third-order valence-electron chi connectivity index (χ3n) is 2.04. The fourth-order valence-electron chi connectivity index (χ4n) is 1.07. The Kier molecular flexibility index (Phi) is 2.99. The highest BCUT2D eigenvalue weighted by molar-refractivity contribution is 7.86. The Labute approximate surface area is 92.3 Å². The average Bonchev–Trinajstić information content (AvgIpc) is 3.10. The highest BCUT2D eigenvalue weighted by Gasteiger charge is 2.26. The first-order chi connectivity index (χ1) is 7.62. The van der Waals surface area contributed by atoms with Crippen molar-refractivity contribution in [1.29, 1.82) is 0 Å². The lowest BCUT2D eigenvalue weighted by molar-refractivity contribution is 0.266. The van der Waals surface area contributed by atoms with Crippen LogP contribution in [-0.4, -0.2) is 27.7 Å². The molecule has 16 heavy (non-hydrogen) atoms. The number of benzene rings is 1. The molecule has 1 atom stereocenters. The number of rotatable bonds is 5. The number of nitrogens with zero attached hydrogens (tertiary/aromatic N) is 1. The first-order valence-electron chi connectivity index (χ1n) is 4.56. The SMILES string of the molecule is O=Nc1ccc(S(=O)(=O)OC[C@@H]2CO2)cc1. The molecular formula is C9H9NO5S. The second-order valence-corrected chi connectivity index (χ2v) is 4.89. The molecule has 1 saturated heterocycles. The first-order valence-corrected chi connectivity index (χ1v) is 5.97. The topological polar surface area (TPSA) is 85.3 Å². The van der Waals surface area contributed by atoms with Gasteiger partial charge in [-0.2, -0.15) is 8.42 Å². The minimum absolute atomic E-state index is 0.000509. The van der Waals surface area contributed by atoms with E-state index < -0.39 is 10.1 Å². The van der Waals surface area contributed by atoms with Gasteiger partial charge in [-0.1, -0.05) is 0 Å². The van der Waals surface area contributed by atoms with E-state index in [9.17, 15) is 13.3 Å². The summed E-state index contributed by atoms with van der Waals surface area (Å²) in [5, 5.41) is 2.67. The molecule has 0 amide bonds. The molecule has 1 heterocycles. The summed E-state index contributed by atoms with van der Waals surface area (Å²) in [6, 6.07) is 5.19. The molecule has 0 aromatic heterocycles. The summed E-state index contributed by atoms with van der Waals surface area (Å²) in [4.78, 5) is 10.1. The smallest absolute Gasteiger partial charge is 0.297 e. The Morgan fingerprint density at radius 2 is 2.00 bits per heavy atom. The molecule has 1 aliphatic rings. The van der Waals surface area contributed by atoms with Gasteiger partial charge in [0.15, 0.2) is 0 Å². The third kappa shape index (κ3) is 2.63. The van der Waals surface area contributed by atoms with Crippen LogP contribution in [0.5, 0.6) is 0 Å². The molecule has 1 aromatic carbocycles. The van der Waals surface area contributed by atoms with Gasteiger partial charge in [0, 0.05) is 0 Å². The molecule has 6 nitrogen and oxygen atoms in total. The van der Waals surface area contributed by atoms with Gasteiger partial charge in [0.25, 0.3) is 10.1 Å². The van der Waals surface area contributed by atoms with Gasteiger partial charge < -0.3 is 4.74 Å². The molecule has 1 fully saturated rings. The summed E-state index contributed by atoms with van der Waals surface area (Å²) in [7, 11) is -3.76. The van der Waals surface area contributed by atoms with Crippen molar-refractivity contribution in [3.8, 4) is 0 Å². The highest BCUT2D eigenvalue weighted by atomic mass is 32.2. The van der Waals surface area contributed by atoms with E-state index in [4.69, 9.17) is 8.92 Å². The lowest BCUT2D eigenvalue weighted by atomic mass is 10.3. The molecule has 0 unspecified atom stereocenters. The Bertz CT molecular complexity index is 477. The second kappa shape index (κ2) is 4.28. The van der Waals surface area contributed by atoms with Crippen molar-refractivity contribution in [2.45, 2.75) is 11.0 Å². The largest absolute Gasteiger partial charge is 0.371 e. The van der Waals surface area contributed by atoms with E-state index in [0.717, 1.165) is 0 Å². The summed E-state index contributed by atoms with van der Waals surface area (Å²) in [5.41, 5.74) is 0.171. The molecule has 86 valence electrons. The van der Waals surface area contributed by atoms with Crippen LogP contribution in [0.3, 0.4) is 0 Å². The quantitative estimate of drug-likeness (QED) is 0.440. The fraction of sp³-hybridized carbons (Fsp3) is 0.333. The maximum absolute atomic E-state index is 11.6. The predicted octanol–water partition coefficient (Wildman–Crippen LogP) is 1.19. The minimum Gasteiger partial charge on any atom is -0.371 e. The molecule has 0 aliphatic carbocycles.